The number of Topliss-reactive ketones (excluding diaryl/α,β-unsaturated/α-hetero) is 1. The summed E-state index contributed by atoms with van der Waals surface area (Å²) < 4.78 is 16.3. The Morgan fingerprint density at radius 2 is 1.76 bits per heavy atom. The first-order valence-electron chi connectivity index (χ1n) is 11.4. The molecule has 8 nitrogen and oxygen atoms in total. The van der Waals surface area contributed by atoms with Gasteiger partial charge in [-0.3, -0.25) is 14.4 Å². The van der Waals surface area contributed by atoms with Gasteiger partial charge in [-0.15, -0.1) is 0 Å². The fourth-order valence-corrected chi connectivity index (χ4v) is 7.19. The number of hydrogen-bond donors (Lipinski definition) is 1. The number of methoxy groups -OCH3 is 1. The molecule has 34 heavy (non-hydrogen) atoms. The van der Waals surface area contributed by atoms with E-state index in [1.54, 1.807) is 34.6 Å². The number of ketones is 1. The molecular weight excluding hydrogens is 440 g/mol. The molecule has 0 spiro atoms. The van der Waals surface area contributed by atoms with Gasteiger partial charge in [-0.2, -0.15) is 0 Å². The quantitative estimate of drug-likeness (QED) is 0.370. The van der Waals surface area contributed by atoms with Crippen molar-refractivity contribution in [1.29, 1.82) is 0 Å². The number of allylic oxidation sites excluding steroid dienone is 1. The highest BCUT2D eigenvalue weighted by Crippen LogP contribution is 2.73. The van der Waals surface area contributed by atoms with Crippen LogP contribution in [0, 0.1) is 22.2 Å². The first-order chi connectivity index (χ1) is 15.5. The Kier molecular flexibility index (Phi) is 4.95. The SMILES string of the molecule is C=C1C2(C)CC3C(C)(O)C4=CC(=O)OC(C)(C)C4=CCC3(C)[C@]1(C(=O)OC)C(OC(C)=O)C2=O. The van der Waals surface area contributed by atoms with Crippen LogP contribution in [0.2, 0.25) is 0 Å². The summed E-state index contributed by atoms with van der Waals surface area (Å²) >= 11 is 0. The lowest BCUT2D eigenvalue weighted by molar-refractivity contribution is -0.189. The van der Waals surface area contributed by atoms with Crippen LogP contribution in [0.5, 0.6) is 0 Å². The van der Waals surface area contributed by atoms with E-state index in [0.29, 0.717) is 16.7 Å². The maximum atomic E-state index is 13.8. The van der Waals surface area contributed by atoms with Crippen molar-refractivity contribution in [2.45, 2.75) is 71.7 Å². The van der Waals surface area contributed by atoms with E-state index < -0.39 is 63.2 Å². The van der Waals surface area contributed by atoms with Crippen LogP contribution in [-0.4, -0.2) is 53.2 Å². The van der Waals surface area contributed by atoms with Crippen LogP contribution >= 0.6 is 0 Å². The highest BCUT2D eigenvalue weighted by Gasteiger charge is 2.80. The molecular formula is C26H32O8. The molecule has 3 aliphatic carbocycles. The lowest BCUT2D eigenvalue weighted by atomic mass is 9.44. The van der Waals surface area contributed by atoms with E-state index in [0.717, 1.165) is 0 Å². The molecule has 2 bridgehead atoms. The van der Waals surface area contributed by atoms with Crippen molar-refractivity contribution >= 4 is 23.7 Å². The molecule has 0 saturated heterocycles. The molecule has 6 atom stereocenters. The van der Waals surface area contributed by atoms with E-state index in [4.69, 9.17) is 14.2 Å². The minimum atomic E-state index is -1.73. The summed E-state index contributed by atoms with van der Waals surface area (Å²) in [7, 11) is 1.22. The molecule has 0 amide bonds. The zero-order chi connectivity index (χ0) is 25.6. The number of ether oxygens (including phenoxy) is 3. The van der Waals surface area contributed by atoms with Crippen molar-refractivity contribution in [2.24, 2.45) is 22.2 Å². The van der Waals surface area contributed by atoms with Gasteiger partial charge in [-0.05, 0) is 57.3 Å². The van der Waals surface area contributed by atoms with E-state index in [1.165, 1.54) is 20.1 Å². The number of carbonyl (C=O) groups excluding carboxylic acids is 4. The van der Waals surface area contributed by atoms with Gasteiger partial charge in [0.15, 0.2) is 11.9 Å². The normalized spacial score (nSPS) is 42.4. The minimum Gasteiger partial charge on any atom is -0.468 e. The standard InChI is InChI=1S/C26H32O8/c1-13-23(5)12-17-24(6,26(13,21(30)32-8)20(19(23)29)33-14(2)27)10-9-15-16(25(17,7)31)11-18(28)34-22(15,3)4/h9,11,17,20,31H,1,10,12H2,2-8H3/t17?,20?,23?,24?,25?,26-/m0/s1. The smallest absolute Gasteiger partial charge is 0.332 e. The molecule has 2 fully saturated rings. The molecule has 184 valence electrons. The van der Waals surface area contributed by atoms with E-state index in [2.05, 4.69) is 6.58 Å². The Bertz CT molecular complexity index is 1110. The van der Waals surface area contributed by atoms with E-state index in [9.17, 15) is 24.3 Å². The van der Waals surface area contributed by atoms with Gasteiger partial charge in [0.05, 0.1) is 18.1 Å². The first-order valence-corrected chi connectivity index (χ1v) is 11.4. The van der Waals surface area contributed by atoms with Gasteiger partial charge in [0.1, 0.15) is 11.0 Å². The van der Waals surface area contributed by atoms with Crippen LogP contribution in [0.1, 0.15) is 54.4 Å². The third-order valence-corrected chi connectivity index (χ3v) is 8.90. The second kappa shape index (κ2) is 6.90. The average molecular weight is 473 g/mol. The van der Waals surface area contributed by atoms with Crippen LogP contribution in [0.25, 0.3) is 0 Å². The van der Waals surface area contributed by atoms with Crippen LogP contribution < -0.4 is 0 Å². The Balaban J connectivity index is 2.08. The monoisotopic (exact) mass is 472 g/mol. The van der Waals surface area contributed by atoms with Gasteiger partial charge in [0.2, 0.25) is 0 Å². The lowest BCUT2D eigenvalue weighted by Gasteiger charge is -2.58. The predicted octanol–water partition coefficient (Wildman–Crippen LogP) is 2.59. The van der Waals surface area contributed by atoms with Crippen LogP contribution in [-0.2, 0) is 33.4 Å². The van der Waals surface area contributed by atoms with Crippen LogP contribution in [0.4, 0.5) is 0 Å². The minimum absolute atomic E-state index is 0.151. The zero-order valence-corrected chi connectivity index (χ0v) is 20.7. The fourth-order valence-electron chi connectivity index (χ4n) is 7.19. The highest BCUT2D eigenvalue weighted by molar-refractivity contribution is 6.06. The van der Waals surface area contributed by atoms with Gasteiger partial charge < -0.3 is 19.3 Å². The van der Waals surface area contributed by atoms with Crippen LogP contribution in [0.15, 0.2) is 35.5 Å². The summed E-state index contributed by atoms with van der Waals surface area (Å²) in [6.45, 7) is 13.9. The number of cyclic esters (lactones) is 1. The molecule has 0 aromatic rings. The lowest BCUT2D eigenvalue weighted by Crippen LogP contribution is -2.63. The molecule has 1 aliphatic heterocycles. The van der Waals surface area contributed by atoms with E-state index >= 15 is 0 Å². The first kappa shape index (κ1) is 24.4. The van der Waals surface area contributed by atoms with Crippen molar-refractivity contribution in [2.75, 3.05) is 7.11 Å². The number of carbonyl (C=O) groups is 4. The molecule has 0 aromatic heterocycles. The van der Waals surface area contributed by atoms with Crippen molar-refractivity contribution in [3.05, 3.63) is 35.5 Å². The van der Waals surface area contributed by atoms with Gasteiger partial charge >= 0.3 is 17.9 Å². The van der Waals surface area contributed by atoms with Gasteiger partial charge in [-0.25, -0.2) is 4.79 Å². The van der Waals surface area contributed by atoms with E-state index in [1.807, 2.05) is 6.08 Å². The number of fused-ring (bicyclic) bond motifs is 5. The zero-order valence-electron chi connectivity index (χ0n) is 20.7. The van der Waals surface area contributed by atoms with Crippen molar-refractivity contribution in [3.8, 4) is 0 Å². The molecule has 4 aliphatic rings. The van der Waals surface area contributed by atoms with Crippen molar-refractivity contribution in [3.63, 3.8) is 0 Å². The Morgan fingerprint density at radius 3 is 2.32 bits per heavy atom. The average Bonchev–Trinajstić information content (AvgIpc) is 2.78. The molecule has 5 unspecified atom stereocenters. The maximum absolute atomic E-state index is 13.8. The largest absolute Gasteiger partial charge is 0.468 e. The summed E-state index contributed by atoms with van der Waals surface area (Å²) in [6.07, 6.45) is 2.06. The second-order valence-electron chi connectivity index (χ2n) is 11.1. The summed E-state index contributed by atoms with van der Waals surface area (Å²) in [5.41, 5.74) is -5.43. The molecule has 8 heteroatoms. The summed E-state index contributed by atoms with van der Waals surface area (Å²) in [6, 6.07) is 0. The number of rotatable bonds is 2. The molecule has 0 aromatic carbocycles. The molecule has 0 radical (unpaired) electrons. The predicted molar refractivity (Wildman–Crippen MR) is 120 cm³/mol. The van der Waals surface area contributed by atoms with Gasteiger partial charge in [-0.1, -0.05) is 19.6 Å². The summed E-state index contributed by atoms with van der Waals surface area (Å²) in [5.74, 6) is -3.16. The van der Waals surface area contributed by atoms with Crippen LogP contribution in [0.3, 0.4) is 0 Å². The second-order valence-corrected chi connectivity index (χ2v) is 11.1. The Labute approximate surface area is 199 Å². The molecule has 1 N–H and O–H groups in total. The van der Waals surface area contributed by atoms with Crippen molar-refractivity contribution in [1.82, 2.24) is 0 Å². The topological polar surface area (TPSA) is 116 Å². The Morgan fingerprint density at radius 1 is 1.15 bits per heavy atom. The fraction of sp³-hybridized carbons (Fsp3) is 0.615. The third kappa shape index (κ3) is 2.63. The summed E-state index contributed by atoms with van der Waals surface area (Å²) in [4.78, 5) is 52.0. The van der Waals surface area contributed by atoms with E-state index in [-0.39, 0.29) is 12.8 Å². The maximum Gasteiger partial charge on any atom is 0.332 e. The Hall–Kier alpha value is -2.74. The molecule has 4 rings (SSSR count). The molecule has 2 saturated carbocycles. The summed E-state index contributed by atoms with van der Waals surface area (Å²) in [5, 5.41) is 12.1. The van der Waals surface area contributed by atoms with Gasteiger partial charge in [0, 0.05) is 24.3 Å². The number of esters is 3. The molecule has 1 heterocycles. The number of hydrogen-bond acceptors (Lipinski definition) is 8. The van der Waals surface area contributed by atoms with Crippen molar-refractivity contribution < 1.29 is 38.5 Å². The number of aliphatic hydroxyl groups is 1. The van der Waals surface area contributed by atoms with Gasteiger partial charge in [0.25, 0.3) is 0 Å². The highest BCUT2D eigenvalue weighted by atomic mass is 16.6. The third-order valence-electron chi connectivity index (χ3n) is 8.90.